The van der Waals surface area contributed by atoms with Crippen LogP contribution in [-0.4, -0.2) is 23.3 Å². The first kappa shape index (κ1) is 17.5. The van der Waals surface area contributed by atoms with Gasteiger partial charge in [0.05, 0.1) is 11.8 Å². The molecule has 2 aromatic carbocycles. The van der Waals surface area contributed by atoms with Gasteiger partial charge in [0.15, 0.2) is 0 Å². The number of hydrogen-bond donors (Lipinski definition) is 2. The number of nitrogens with one attached hydrogen (secondary N) is 1. The van der Waals surface area contributed by atoms with E-state index in [1.807, 2.05) is 39.1 Å². The molecular weight excluding hydrogens is 340 g/mol. The Bertz CT molecular complexity index is 965. The summed E-state index contributed by atoms with van der Waals surface area (Å²) in [4.78, 5) is 4.62. The molecule has 1 aliphatic carbocycles. The number of hydrogen-bond acceptors (Lipinski definition) is 6. The van der Waals surface area contributed by atoms with Crippen molar-refractivity contribution in [1.29, 1.82) is 0 Å². The second kappa shape index (κ2) is 7.04. The summed E-state index contributed by atoms with van der Waals surface area (Å²) < 4.78 is 11.2. The number of benzene rings is 2. The van der Waals surface area contributed by atoms with Crippen molar-refractivity contribution in [1.82, 2.24) is 15.5 Å². The molecule has 0 bridgehead atoms. The third-order valence-electron chi connectivity index (χ3n) is 4.91. The first-order chi connectivity index (χ1) is 13.1. The van der Waals surface area contributed by atoms with Crippen molar-refractivity contribution in [3.8, 4) is 28.6 Å². The Morgan fingerprint density at radius 2 is 2.11 bits per heavy atom. The number of nitrogens with two attached hydrogens (primary N) is 1. The van der Waals surface area contributed by atoms with Crippen molar-refractivity contribution in [3.63, 3.8) is 0 Å². The smallest absolute Gasteiger partial charge is 0.258 e. The Morgan fingerprint density at radius 1 is 1.26 bits per heavy atom. The lowest BCUT2D eigenvalue weighted by molar-refractivity contribution is 0.244. The van der Waals surface area contributed by atoms with Crippen molar-refractivity contribution in [3.05, 3.63) is 47.5 Å². The Balaban J connectivity index is 1.66. The van der Waals surface area contributed by atoms with Crippen molar-refractivity contribution in [2.45, 2.75) is 38.8 Å². The van der Waals surface area contributed by atoms with Gasteiger partial charge in [-0.3, -0.25) is 0 Å². The number of fused-ring (bicyclic) bond motifs is 1. The van der Waals surface area contributed by atoms with Gasteiger partial charge < -0.3 is 20.3 Å². The zero-order chi connectivity index (χ0) is 19.0. The van der Waals surface area contributed by atoms with Crippen LogP contribution >= 0.6 is 0 Å². The SMILES string of the molecule is CN[C@H]1CCc2c(-c3noc(-c4ccc(OC(C)C)c(N)c4)n3)cccc21. The van der Waals surface area contributed by atoms with Crippen LogP contribution in [0.5, 0.6) is 5.75 Å². The largest absolute Gasteiger partial charge is 0.489 e. The molecule has 0 saturated carbocycles. The fourth-order valence-corrected chi connectivity index (χ4v) is 3.66. The summed E-state index contributed by atoms with van der Waals surface area (Å²) in [5, 5.41) is 7.58. The van der Waals surface area contributed by atoms with Crippen molar-refractivity contribution in [2.75, 3.05) is 12.8 Å². The highest BCUT2D eigenvalue weighted by molar-refractivity contribution is 5.69. The molecule has 0 fully saturated rings. The summed E-state index contributed by atoms with van der Waals surface area (Å²) in [5.74, 6) is 1.72. The fourth-order valence-electron chi connectivity index (χ4n) is 3.66. The standard InChI is InChI=1S/C21H24N4O2/c1-12(2)26-19-10-7-13(11-17(19)22)21-24-20(25-27-21)16-6-4-5-15-14(16)8-9-18(15)23-3/h4-7,10-12,18,23H,8-9,22H2,1-3H3/t18-/m0/s1. The summed E-state index contributed by atoms with van der Waals surface area (Å²) in [7, 11) is 2.00. The molecule has 1 aliphatic rings. The maximum atomic E-state index is 6.11. The molecule has 1 atom stereocenters. The van der Waals surface area contributed by atoms with Crippen LogP contribution in [0.4, 0.5) is 5.69 Å². The second-order valence-corrected chi connectivity index (χ2v) is 7.10. The lowest BCUT2D eigenvalue weighted by atomic mass is 10.0. The molecule has 4 rings (SSSR count). The lowest BCUT2D eigenvalue weighted by Gasteiger charge is -2.12. The number of aromatic nitrogens is 2. The number of anilines is 1. The van der Waals surface area contributed by atoms with Crippen LogP contribution in [-0.2, 0) is 6.42 Å². The van der Waals surface area contributed by atoms with E-state index in [4.69, 9.17) is 15.0 Å². The summed E-state index contributed by atoms with van der Waals surface area (Å²) in [5.41, 5.74) is 11.1. The minimum Gasteiger partial charge on any atom is -0.489 e. The number of rotatable bonds is 5. The Hall–Kier alpha value is -2.86. The molecule has 0 aliphatic heterocycles. The molecule has 0 amide bonds. The molecule has 27 heavy (non-hydrogen) atoms. The van der Waals surface area contributed by atoms with E-state index in [2.05, 4.69) is 33.7 Å². The van der Waals surface area contributed by atoms with Gasteiger partial charge in [0.25, 0.3) is 5.89 Å². The Labute approximate surface area is 158 Å². The molecule has 3 aromatic rings. The molecule has 1 aromatic heterocycles. The molecular formula is C21H24N4O2. The van der Waals surface area contributed by atoms with Gasteiger partial charge in [0.1, 0.15) is 5.75 Å². The normalized spacial score (nSPS) is 15.9. The molecule has 6 heteroatoms. The molecule has 6 nitrogen and oxygen atoms in total. The molecule has 3 N–H and O–H groups in total. The van der Waals surface area contributed by atoms with Crippen molar-refractivity contribution < 1.29 is 9.26 Å². The predicted octanol–water partition coefficient (Wildman–Crippen LogP) is 3.98. The third-order valence-corrected chi connectivity index (χ3v) is 4.91. The van der Waals surface area contributed by atoms with Gasteiger partial charge in [-0.05, 0) is 63.1 Å². The molecule has 0 radical (unpaired) electrons. The van der Waals surface area contributed by atoms with Gasteiger partial charge >= 0.3 is 0 Å². The van der Waals surface area contributed by atoms with Crippen LogP contribution in [0.15, 0.2) is 40.9 Å². The average molecular weight is 364 g/mol. The van der Waals surface area contributed by atoms with Gasteiger partial charge in [0.2, 0.25) is 5.82 Å². The quantitative estimate of drug-likeness (QED) is 0.666. The molecule has 1 heterocycles. The summed E-state index contributed by atoms with van der Waals surface area (Å²) >= 11 is 0. The maximum absolute atomic E-state index is 6.11. The minimum atomic E-state index is 0.0646. The van der Waals surface area contributed by atoms with Gasteiger partial charge in [-0.2, -0.15) is 4.98 Å². The molecule has 140 valence electrons. The summed E-state index contributed by atoms with van der Waals surface area (Å²) in [6.45, 7) is 3.93. The summed E-state index contributed by atoms with van der Waals surface area (Å²) in [6.07, 6.45) is 2.16. The van der Waals surface area contributed by atoms with Gasteiger partial charge in [-0.15, -0.1) is 0 Å². The van der Waals surface area contributed by atoms with Gasteiger partial charge in [0, 0.05) is 17.2 Å². The van der Waals surface area contributed by atoms with E-state index in [1.165, 1.54) is 11.1 Å². The van der Waals surface area contributed by atoms with E-state index in [0.717, 1.165) is 24.0 Å². The van der Waals surface area contributed by atoms with E-state index in [0.29, 0.717) is 29.2 Å². The lowest BCUT2D eigenvalue weighted by Crippen LogP contribution is -2.12. The Kier molecular flexibility index (Phi) is 4.58. The topological polar surface area (TPSA) is 86.2 Å². The fraction of sp³-hybridized carbons (Fsp3) is 0.333. The van der Waals surface area contributed by atoms with Gasteiger partial charge in [-0.25, -0.2) is 0 Å². The maximum Gasteiger partial charge on any atom is 0.258 e. The molecule has 0 saturated heterocycles. The van der Waals surface area contributed by atoms with Crippen LogP contribution in [0.25, 0.3) is 22.8 Å². The molecule has 0 spiro atoms. The van der Waals surface area contributed by atoms with Crippen LogP contribution in [0.2, 0.25) is 0 Å². The highest BCUT2D eigenvalue weighted by Gasteiger charge is 2.25. The number of nitrogens with zero attached hydrogens (tertiary/aromatic N) is 2. The first-order valence-corrected chi connectivity index (χ1v) is 9.26. The van der Waals surface area contributed by atoms with Gasteiger partial charge in [-0.1, -0.05) is 23.4 Å². The highest BCUT2D eigenvalue weighted by atomic mass is 16.5. The van der Waals surface area contributed by atoms with Crippen LogP contribution in [0, 0.1) is 0 Å². The highest BCUT2D eigenvalue weighted by Crippen LogP contribution is 2.37. The number of nitrogen functional groups attached to an aromatic ring is 1. The van der Waals surface area contributed by atoms with Crippen LogP contribution in [0.1, 0.15) is 37.4 Å². The zero-order valence-corrected chi connectivity index (χ0v) is 15.8. The van der Waals surface area contributed by atoms with E-state index in [9.17, 15) is 0 Å². The average Bonchev–Trinajstić information content (AvgIpc) is 3.29. The van der Waals surface area contributed by atoms with E-state index < -0.39 is 0 Å². The summed E-state index contributed by atoms with van der Waals surface area (Å²) in [6, 6.07) is 12.2. The third kappa shape index (κ3) is 3.28. The van der Waals surface area contributed by atoms with Crippen LogP contribution < -0.4 is 15.8 Å². The second-order valence-electron chi connectivity index (χ2n) is 7.10. The monoisotopic (exact) mass is 364 g/mol. The Morgan fingerprint density at radius 3 is 2.85 bits per heavy atom. The number of ether oxygens (including phenoxy) is 1. The van der Waals surface area contributed by atoms with E-state index >= 15 is 0 Å². The van der Waals surface area contributed by atoms with Crippen molar-refractivity contribution in [2.24, 2.45) is 0 Å². The van der Waals surface area contributed by atoms with E-state index in [1.54, 1.807) is 0 Å². The van der Waals surface area contributed by atoms with Crippen molar-refractivity contribution >= 4 is 5.69 Å². The predicted molar refractivity (Wildman–Crippen MR) is 105 cm³/mol. The minimum absolute atomic E-state index is 0.0646. The first-order valence-electron chi connectivity index (χ1n) is 9.26. The molecule has 0 unspecified atom stereocenters. The zero-order valence-electron chi connectivity index (χ0n) is 15.8. The van der Waals surface area contributed by atoms with Crippen LogP contribution in [0.3, 0.4) is 0 Å². The van der Waals surface area contributed by atoms with E-state index in [-0.39, 0.29) is 6.10 Å².